The van der Waals surface area contributed by atoms with Gasteiger partial charge in [-0.2, -0.15) is 0 Å². The molecule has 0 spiro atoms. The maximum Gasteiger partial charge on any atom is 0.320 e. The molecule has 0 bridgehead atoms. The Morgan fingerprint density at radius 3 is 3.00 bits per heavy atom. The minimum Gasteiger partial charge on any atom is -0.401 e. The van der Waals surface area contributed by atoms with E-state index in [1.54, 1.807) is 25.2 Å². The fourth-order valence-corrected chi connectivity index (χ4v) is 1.91. The number of hydrogen-bond acceptors (Lipinski definition) is 6. The fraction of sp³-hybridized carbons (Fsp3) is 0.167. The molecule has 1 N–H and O–H groups in total. The summed E-state index contributed by atoms with van der Waals surface area (Å²) < 4.78 is 13.0. The lowest BCUT2D eigenvalue weighted by Gasteiger charge is -2.22. The number of rotatable bonds is 0. The first-order valence-electron chi connectivity index (χ1n) is 6.17. The van der Waals surface area contributed by atoms with E-state index in [0.717, 1.165) is 0 Å². The predicted octanol–water partition coefficient (Wildman–Crippen LogP) is 1.52. The molecule has 0 atom stereocenters. The van der Waals surface area contributed by atoms with Gasteiger partial charge in [-0.25, -0.2) is 15.0 Å². The van der Waals surface area contributed by atoms with Gasteiger partial charge >= 0.3 is 6.02 Å². The smallest absolute Gasteiger partial charge is 0.320 e. The normalized spacial score (nSPS) is 14.2. The van der Waals surface area contributed by atoms with Gasteiger partial charge in [-0.1, -0.05) is 11.6 Å². The Morgan fingerprint density at radius 1 is 1.45 bits per heavy atom. The van der Waals surface area contributed by atoms with E-state index >= 15 is 0 Å². The van der Waals surface area contributed by atoms with Crippen LogP contribution in [0.15, 0.2) is 23.3 Å². The molecule has 0 saturated carbocycles. The molecule has 0 fully saturated rings. The summed E-state index contributed by atoms with van der Waals surface area (Å²) in [6, 6.07) is 4.92. The Balaban J connectivity index is 2.09. The van der Waals surface area contributed by atoms with Crippen LogP contribution in [-0.4, -0.2) is 28.9 Å². The van der Waals surface area contributed by atoms with Crippen LogP contribution in [0.4, 0.5) is 5.82 Å². The van der Waals surface area contributed by atoms with Crippen LogP contribution < -0.4 is 15.1 Å². The summed E-state index contributed by atoms with van der Waals surface area (Å²) in [5.41, 5.74) is 1.19. The first-order chi connectivity index (χ1) is 9.95. The number of carbonyl (C=O) groups is 1. The molecule has 8 heteroatoms. The van der Waals surface area contributed by atoms with Crippen LogP contribution in [0.3, 0.4) is 0 Å². The fourth-order valence-electron chi connectivity index (χ4n) is 1.74. The van der Waals surface area contributed by atoms with Crippen molar-refractivity contribution in [3.63, 3.8) is 0 Å². The maximum atomic E-state index is 11.2. The highest BCUT2D eigenvalue weighted by atomic mass is 35.5. The Morgan fingerprint density at radius 2 is 2.25 bits per heavy atom. The van der Waals surface area contributed by atoms with Gasteiger partial charge in [0.1, 0.15) is 0 Å². The zero-order valence-corrected chi connectivity index (χ0v) is 11.4. The second-order valence-corrected chi connectivity index (χ2v) is 4.56. The van der Waals surface area contributed by atoms with E-state index in [9.17, 15) is 4.79 Å². The second kappa shape index (κ2) is 4.61. The van der Waals surface area contributed by atoms with Crippen LogP contribution in [-0.2, 0) is 4.79 Å². The number of benzene rings is 1. The van der Waals surface area contributed by atoms with Gasteiger partial charge in [0, 0.05) is 19.0 Å². The predicted molar refractivity (Wildman–Crippen MR) is 74.8 cm³/mol. The average molecular weight is 293 g/mol. The Kier molecular flexibility index (Phi) is 2.63. The van der Waals surface area contributed by atoms with Crippen LogP contribution >= 0.6 is 11.6 Å². The van der Waals surface area contributed by atoms with Crippen molar-refractivity contribution in [2.75, 3.05) is 12.1 Å². The summed E-state index contributed by atoms with van der Waals surface area (Å²) in [6.07, 6.45) is 0. The molecule has 0 unspecified atom stereocenters. The van der Waals surface area contributed by atoms with Gasteiger partial charge in [-0.3, -0.25) is 10.1 Å². The molecule has 0 aliphatic carbocycles. The minimum absolute atomic E-state index is 0.163. The molecule has 102 valence electrons. The van der Waals surface area contributed by atoms with Crippen molar-refractivity contribution in [3.8, 4) is 5.88 Å². The third-order valence-electron chi connectivity index (χ3n) is 2.56. The van der Waals surface area contributed by atoms with E-state index in [1.807, 2.05) is 0 Å². The Bertz CT molecular complexity index is 782. The van der Waals surface area contributed by atoms with Gasteiger partial charge in [0.2, 0.25) is 11.7 Å². The second-order valence-electron chi connectivity index (χ2n) is 4.12. The SMILES string of the molecule is [2H]N(C(C)=O)C1=NN(C)c2nc3ccc(Cl)cc3nc2O1. The van der Waals surface area contributed by atoms with Gasteiger partial charge in [0.05, 0.1) is 11.0 Å². The molecule has 3 rings (SSSR count). The molecule has 7 nitrogen and oxygen atoms in total. The molecule has 1 aromatic carbocycles. The largest absolute Gasteiger partial charge is 0.401 e. The third-order valence-corrected chi connectivity index (χ3v) is 2.80. The number of halogens is 1. The zero-order chi connectivity index (χ0) is 15.1. The van der Waals surface area contributed by atoms with E-state index in [1.165, 1.54) is 11.9 Å². The molecule has 1 aromatic heterocycles. The highest BCUT2D eigenvalue weighted by Gasteiger charge is 2.22. The quantitative estimate of drug-likeness (QED) is 0.796. The lowest BCUT2D eigenvalue weighted by molar-refractivity contribution is -0.117. The van der Waals surface area contributed by atoms with E-state index in [-0.39, 0.29) is 11.9 Å². The van der Waals surface area contributed by atoms with Crippen molar-refractivity contribution in [2.24, 2.45) is 5.10 Å². The number of hydrazone groups is 1. The minimum atomic E-state index is -0.526. The number of amidine groups is 1. The Labute approximate surface area is 120 Å². The van der Waals surface area contributed by atoms with Crippen LogP contribution in [0.1, 0.15) is 6.92 Å². The molecular weight excluding hydrogens is 282 g/mol. The molecule has 2 heterocycles. The average Bonchev–Trinajstić information content (AvgIpc) is 2.44. The highest BCUT2D eigenvalue weighted by Crippen LogP contribution is 2.29. The molecule has 2 aromatic rings. The Hall–Kier alpha value is -2.41. The maximum absolute atomic E-state index is 11.2. The van der Waals surface area contributed by atoms with E-state index in [2.05, 4.69) is 15.1 Å². The van der Waals surface area contributed by atoms with Gasteiger partial charge in [0.25, 0.3) is 5.88 Å². The van der Waals surface area contributed by atoms with E-state index in [4.69, 9.17) is 17.7 Å². The number of anilines is 1. The van der Waals surface area contributed by atoms with E-state index in [0.29, 0.717) is 27.2 Å². The van der Waals surface area contributed by atoms with Crippen LogP contribution in [0.2, 0.25) is 6.43 Å². The lowest BCUT2D eigenvalue weighted by atomic mass is 10.3. The lowest BCUT2D eigenvalue weighted by Crippen LogP contribution is -2.38. The van der Waals surface area contributed by atoms with Crippen molar-refractivity contribution in [1.82, 2.24) is 15.3 Å². The first-order valence-corrected chi connectivity index (χ1v) is 6.10. The topological polar surface area (TPSA) is 79.7 Å². The van der Waals surface area contributed by atoms with Gasteiger partial charge in [-0.05, 0) is 18.2 Å². The number of amides is 1. The van der Waals surface area contributed by atoms with Gasteiger partial charge < -0.3 is 4.74 Å². The molecule has 0 radical (unpaired) electrons. The third kappa shape index (κ3) is 2.23. The number of aromatic nitrogens is 2. The first kappa shape index (κ1) is 11.4. The summed E-state index contributed by atoms with van der Waals surface area (Å²) in [7, 11) is 1.63. The highest BCUT2D eigenvalue weighted by molar-refractivity contribution is 6.31. The number of fused-ring (bicyclic) bond motifs is 2. The summed E-state index contributed by atoms with van der Waals surface area (Å²) in [6.45, 7) is 1.24. The summed E-state index contributed by atoms with van der Waals surface area (Å²) in [4.78, 5) is 19.9. The standard InChI is InChI=1S/C12H10ClN5O2/c1-6(19)14-12-17-18(2)10-11(20-12)16-9-5-7(13)3-4-8(9)15-10/h3-5H,1-2H3,(H,14,17,19)/i/hD. The van der Waals surface area contributed by atoms with Gasteiger partial charge in [-0.15, -0.1) is 5.10 Å². The molecule has 1 aliphatic heterocycles. The van der Waals surface area contributed by atoms with Crippen molar-refractivity contribution in [3.05, 3.63) is 23.2 Å². The molecule has 1 aliphatic rings. The number of nitrogens with one attached hydrogen (secondary N) is 1. The molecule has 20 heavy (non-hydrogen) atoms. The summed E-state index contributed by atoms with van der Waals surface area (Å²) >= 11 is 5.93. The van der Waals surface area contributed by atoms with Crippen molar-refractivity contribution in [2.45, 2.75) is 6.92 Å². The number of carbonyl (C=O) groups excluding carboxylic acids is 1. The molecular formula is C12H10ClN5O2. The molecule has 1 amide bonds. The van der Waals surface area contributed by atoms with Crippen LogP contribution in [0, 0.1) is 0 Å². The van der Waals surface area contributed by atoms with Crippen LogP contribution in [0.5, 0.6) is 5.88 Å². The van der Waals surface area contributed by atoms with Gasteiger partial charge in [0.15, 0.2) is 1.41 Å². The van der Waals surface area contributed by atoms with Crippen molar-refractivity contribution < 1.29 is 10.9 Å². The monoisotopic (exact) mass is 292 g/mol. The zero-order valence-electron chi connectivity index (χ0n) is 11.7. The van der Waals surface area contributed by atoms with Crippen molar-refractivity contribution in [1.29, 1.82) is 0 Å². The van der Waals surface area contributed by atoms with Crippen LogP contribution in [0.25, 0.3) is 11.0 Å². The number of hydrogen-bond donors (Lipinski definition) is 1. The summed E-state index contributed by atoms with van der Waals surface area (Å²) in [5, 5.41) is 6.46. The summed E-state index contributed by atoms with van der Waals surface area (Å²) in [5.74, 6) is 0.0312. The molecule has 0 saturated heterocycles. The number of ether oxygens (including phenoxy) is 1. The number of nitrogens with zero attached hydrogens (tertiary/aromatic N) is 4. The van der Waals surface area contributed by atoms with E-state index < -0.39 is 5.91 Å². The van der Waals surface area contributed by atoms with Crippen molar-refractivity contribution >= 4 is 40.4 Å².